The van der Waals surface area contributed by atoms with E-state index in [1.54, 1.807) is 6.07 Å². The summed E-state index contributed by atoms with van der Waals surface area (Å²) in [6.07, 6.45) is 0. The predicted octanol–water partition coefficient (Wildman–Crippen LogP) is 4.30. The molecule has 0 unspecified atom stereocenters. The van der Waals surface area contributed by atoms with Gasteiger partial charge in [-0.2, -0.15) is 0 Å². The van der Waals surface area contributed by atoms with Crippen molar-refractivity contribution < 1.29 is 9.13 Å². The highest BCUT2D eigenvalue weighted by atomic mass is 35.5. The lowest BCUT2D eigenvalue weighted by Crippen LogP contribution is -1.98. The van der Waals surface area contributed by atoms with E-state index in [2.05, 4.69) is 11.8 Å². The zero-order valence-corrected chi connectivity index (χ0v) is 11.9. The lowest BCUT2D eigenvalue weighted by atomic mass is 10.1. The molecule has 2 aromatic rings. The van der Waals surface area contributed by atoms with Crippen molar-refractivity contribution in [1.29, 1.82) is 0 Å². The Morgan fingerprint density at radius 3 is 2.80 bits per heavy atom. The molecule has 0 fully saturated rings. The van der Waals surface area contributed by atoms with Gasteiger partial charge in [0.2, 0.25) is 0 Å². The third-order valence-corrected chi connectivity index (χ3v) is 2.84. The van der Waals surface area contributed by atoms with Crippen LogP contribution in [0.15, 0.2) is 42.5 Å². The molecule has 0 saturated heterocycles. The van der Waals surface area contributed by atoms with Gasteiger partial charge in [0.25, 0.3) is 0 Å². The van der Waals surface area contributed by atoms with Gasteiger partial charge in [0.1, 0.15) is 18.2 Å². The Bertz CT molecular complexity index is 656. The van der Waals surface area contributed by atoms with Gasteiger partial charge in [0, 0.05) is 0 Å². The van der Waals surface area contributed by atoms with Crippen LogP contribution >= 0.6 is 11.6 Å². The molecule has 1 nitrogen and oxygen atoms in total. The quantitative estimate of drug-likeness (QED) is 0.604. The van der Waals surface area contributed by atoms with Crippen LogP contribution in [-0.4, -0.2) is 5.88 Å². The fraction of sp³-hybridized carbons (Fsp3) is 0.176. The Morgan fingerprint density at radius 1 is 1.20 bits per heavy atom. The lowest BCUT2D eigenvalue weighted by molar-refractivity contribution is 0.304. The summed E-state index contributed by atoms with van der Waals surface area (Å²) in [4.78, 5) is 0. The second kappa shape index (κ2) is 6.98. The van der Waals surface area contributed by atoms with E-state index in [0.717, 1.165) is 16.7 Å². The molecule has 2 aromatic carbocycles. The molecule has 0 aliphatic rings. The summed E-state index contributed by atoms with van der Waals surface area (Å²) < 4.78 is 18.8. The van der Waals surface area contributed by atoms with Gasteiger partial charge in [0.05, 0.1) is 11.4 Å². The monoisotopic (exact) mass is 288 g/mol. The van der Waals surface area contributed by atoms with Crippen molar-refractivity contribution in [3.63, 3.8) is 0 Å². The average Bonchev–Trinajstić information content (AvgIpc) is 2.44. The Kier molecular flexibility index (Phi) is 5.03. The first-order chi connectivity index (χ1) is 9.69. The highest BCUT2D eigenvalue weighted by Gasteiger charge is 2.03. The third-order valence-electron chi connectivity index (χ3n) is 2.71. The van der Waals surface area contributed by atoms with E-state index in [1.165, 1.54) is 12.1 Å². The number of benzene rings is 2. The van der Waals surface area contributed by atoms with Crippen LogP contribution in [0.25, 0.3) is 0 Å². The maximum Gasteiger partial charge on any atom is 0.135 e. The molecule has 0 bridgehead atoms. The number of halogens is 2. The number of hydrogen-bond acceptors (Lipinski definition) is 1. The summed E-state index contributed by atoms with van der Waals surface area (Å²) in [5.41, 5.74) is 2.67. The van der Waals surface area contributed by atoms with Gasteiger partial charge < -0.3 is 4.74 Å². The molecule has 0 aliphatic heterocycles. The van der Waals surface area contributed by atoms with Gasteiger partial charge >= 0.3 is 0 Å². The number of rotatable bonds is 3. The molecule has 0 spiro atoms. The molecule has 102 valence electrons. The fourth-order valence-electron chi connectivity index (χ4n) is 1.78. The number of hydrogen-bond donors (Lipinski definition) is 0. The highest BCUT2D eigenvalue weighted by Crippen LogP contribution is 2.20. The molecule has 0 amide bonds. The molecular formula is C17H14ClFO. The van der Waals surface area contributed by atoms with Gasteiger partial charge in [-0.25, -0.2) is 4.39 Å². The van der Waals surface area contributed by atoms with Crippen LogP contribution in [0.2, 0.25) is 0 Å². The van der Waals surface area contributed by atoms with E-state index in [0.29, 0.717) is 12.4 Å². The van der Waals surface area contributed by atoms with Crippen molar-refractivity contribution >= 4 is 11.6 Å². The van der Waals surface area contributed by atoms with E-state index in [1.807, 2.05) is 31.2 Å². The van der Waals surface area contributed by atoms with E-state index < -0.39 is 0 Å². The van der Waals surface area contributed by atoms with Gasteiger partial charge in [0.15, 0.2) is 0 Å². The zero-order valence-electron chi connectivity index (χ0n) is 11.1. The minimum absolute atomic E-state index is 0.267. The highest BCUT2D eigenvalue weighted by molar-refractivity contribution is 6.19. The lowest BCUT2D eigenvalue weighted by Gasteiger charge is -2.09. The standard InChI is InChI=1S/C17H14ClFO/c1-13-7-8-17(15(10-13)5-3-9-18)20-12-14-4-2-6-16(19)11-14/h2,4,6-8,10-11H,9,12H2,1H3. The Labute approximate surface area is 123 Å². The van der Waals surface area contributed by atoms with Gasteiger partial charge in [-0.15, -0.1) is 11.6 Å². The van der Waals surface area contributed by atoms with E-state index in [4.69, 9.17) is 16.3 Å². The minimum Gasteiger partial charge on any atom is -0.488 e. The average molecular weight is 289 g/mol. The molecule has 0 N–H and O–H groups in total. The molecule has 0 aliphatic carbocycles. The van der Waals surface area contributed by atoms with Crippen molar-refractivity contribution in [1.82, 2.24) is 0 Å². The van der Waals surface area contributed by atoms with Gasteiger partial charge in [-0.05, 0) is 42.3 Å². The summed E-state index contributed by atoms with van der Waals surface area (Å²) in [5, 5.41) is 0. The summed E-state index contributed by atoms with van der Waals surface area (Å²) >= 11 is 5.58. The Morgan fingerprint density at radius 2 is 2.05 bits per heavy atom. The van der Waals surface area contributed by atoms with Crippen molar-refractivity contribution in [2.45, 2.75) is 13.5 Å². The first-order valence-corrected chi connectivity index (χ1v) is 6.75. The smallest absolute Gasteiger partial charge is 0.135 e. The second-order valence-electron chi connectivity index (χ2n) is 4.35. The normalized spacial score (nSPS) is 9.75. The first kappa shape index (κ1) is 14.4. The van der Waals surface area contributed by atoms with E-state index >= 15 is 0 Å². The van der Waals surface area contributed by atoms with Crippen LogP contribution in [0.3, 0.4) is 0 Å². The van der Waals surface area contributed by atoms with Crippen molar-refractivity contribution in [3.8, 4) is 17.6 Å². The van der Waals surface area contributed by atoms with Crippen LogP contribution in [0.1, 0.15) is 16.7 Å². The Balaban J connectivity index is 2.16. The largest absolute Gasteiger partial charge is 0.488 e. The van der Waals surface area contributed by atoms with Crippen LogP contribution in [0.4, 0.5) is 4.39 Å². The predicted molar refractivity (Wildman–Crippen MR) is 79.5 cm³/mol. The molecule has 0 atom stereocenters. The van der Waals surface area contributed by atoms with Crippen molar-refractivity contribution in [2.24, 2.45) is 0 Å². The maximum atomic E-state index is 13.1. The van der Waals surface area contributed by atoms with Crippen LogP contribution in [0.5, 0.6) is 5.75 Å². The maximum absolute atomic E-state index is 13.1. The Hall–Kier alpha value is -1.98. The molecule has 0 aromatic heterocycles. The zero-order chi connectivity index (χ0) is 14.4. The second-order valence-corrected chi connectivity index (χ2v) is 4.62. The molecule has 20 heavy (non-hydrogen) atoms. The SMILES string of the molecule is Cc1ccc(OCc2cccc(F)c2)c(C#CCCl)c1. The van der Waals surface area contributed by atoms with Gasteiger partial charge in [-0.3, -0.25) is 0 Å². The van der Waals surface area contributed by atoms with Crippen LogP contribution < -0.4 is 4.74 Å². The summed E-state index contributed by atoms with van der Waals surface area (Å²) in [7, 11) is 0. The molecule has 0 saturated carbocycles. The third kappa shape index (κ3) is 4.01. The van der Waals surface area contributed by atoms with E-state index in [9.17, 15) is 4.39 Å². The molecular weight excluding hydrogens is 275 g/mol. The van der Waals surface area contributed by atoms with Crippen LogP contribution in [-0.2, 0) is 6.61 Å². The molecule has 3 heteroatoms. The summed E-state index contributed by atoms with van der Waals surface area (Å²) in [5.74, 6) is 6.47. The fourth-order valence-corrected chi connectivity index (χ4v) is 1.85. The molecule has 0 radical (unpaired) electrons. The number of ether oxygens (including phenoxy) is 1. The number of aryl methyl sites for hydroxylation is 1. The molecule has 2 rings (SSSR count). The summed E-state index contributed by atoms with van der Waals surface area (Å²) in [6.45, 7) is 2.29. The topological polar surface area (TPSA) is 9.23 Å². The first-order valence-electron chi connectivity index (χ1n) is 6.22. The minimum atomic E-state index is -0.267. The number of alkyl halides is 1. The van der Waals surface area contributed by atoms with Crippen LogP contribution in [0, 0.1) is 24.6 Å². The van der Waals surface area contributed by atoms with Crippen molar-refractivity contribution in [2.75, 3.05) is 5.88 Å². The van der Waals surface area contributed by atoms with Crippen molar-refractivity contribution in [3.05, 3.63) is 65.0 Å². The van der Waals surface area contributed by atoms with Gasteiger partial charge in [-0.1, -0.05) is 30.0 Å². The summed E-state index contributed by atoms with van der Waals surface area (Å²) in [6, 6.07) is 12.1. The molecule has 0 heterocycles. The van der Waals surface area contributed by atoms with E-state index in [-0.39, 0.29) is 11.7 Å².